The van der Waals surface area contributed by atoms with Gasteiger partial charge in [0.05, 0.1) is 0 Å². The van der Waals surface area contributed by atoms with Crippen LogP contribution in [0.2, 0.25) is 0 Å². The molecule has 0 aliphatic carbocycles. The molecule has 1 aliphatic heterocycles. The van der Waals surface area contributed by atoms with Crippen LogP contribution in [0, 0.1) is 6.92 Å². The normalized spacial score (nSPS) is 19.0. The Bertz CT molecular complexity index is 889. The number of carbonyl (C=O) groups is 1. The molecule has 2 nitrogen and oxygen atoms in total. The Morgan fingerprint density at radius 2 is 1.50 bits per heavy atom. The summed E-state index contributed by atoms with van der Waals surface area (Å²) in [5, 5.41) is 3.24. The molecule has 0 saturated carbocycles. The average Bonchev–Trinajstić information content (AvgIpc) is 2.91. The van der Waals surface area contributed by atoms with Crippen molar-refractivity contribution >= 4 is 17.7 Å². The molecule has 1 aliphatic rings. The fourth-order valence-corrected chi connectivity index (χ4v) is 4.42. The van der Waals surface area contributed by atoms with E-state index in [4.69, 9.17) is 0 Å². The monoisotopic (exact) mass is 331 g/mol. The zero-order chi connectivity index (χ0) is 16.6. The lowest BCUT2D eigenvalue weighted by molar-refractivity contribution is 0.0956. The topological polar surface area (TPSA) is 29.1 Å². The smallest absolute Gasteiger partial charge is 0.253 e. The van der Waals surface area contributed by atoms with E-state index in [-0.39, 0.29) is 5.91 Å². The van der Waals surface area contributed by atoms with Gasteiger partial charge in [-0.05, 0) is 30.7 Å². The van der Waals surface area contributed by atoms with Crippen molar-refractivity contribution in [2.24, 2.45) is 0 Å². The van der Waals surface area contributed by atoms with E-state index >= 15 is 0 Å². The third kappa shape index (κ3) is 2.42. The zero-order valence-electron chi connectivity index (χ0n) is 13.3. The Balaban J connectivity index is 1.89. The summed E-state index contributed by atoms with van der Waals surface area (Å²) in [6.45, 7) is 2.08. The SMILES string of the molecule is Cc1ccc(S[C@@]2(c3ccccc3)NC(=O)c3ccccc32)cc1. The fraction of sp³-hybridized carbons (Fsp3) is 0.0952. The number of rotatable bonds is 3. The maximum atomic E-state index is 12.6. The Labute approximate surface area is 145 Å². The van der Waals surface area contributed by atoms with Gasteiger partial charge in [-0.2, -0.15) is 0 Å². The van der Waals surface area contributed by atoms with Crippen molar-refractivity contribution in [3.8, 4) is 0 Å². The first-order valence-corrected chi connectivity index (χ1v) is 8.74. The molecule has 3 aromatic rings. The van der Waals surface area contributed by atoms with Crippen molar-refractivity contribution in [1.29, 1.82) is 0 Å². The summed E-state index contributed by atoms with van der Waals surface area (Å²) in [7, 11) is 0. The number of benzene rings is 3. The van der Waals surface area contributed by atoms with E-state index in [1.165, 1.54) is 5.56 Å². The van der Waals surface area contributed by atoms with E-state index in [1.54, 1.807) is 11.8 Å². The van der Waals surface area contributed by atoms with Gasteiger partial charge in [0.1, 0.15) is 4.87 Å². The molecule has 1 amide bonds. The maximum Gasteiger partial charge on any atom is 0.253 e. The number of hydrogen-bond acceptors (Lipinski definition) is 2. The minimum Gasteiger partial charge on any atom is -0.329 e. The molecule has 1 atom stereocenters. The van der Waals surface area contributed by atoms with E-state index in [9.17, 15) is 4.79 Å². The molecule has 0 spiro atoms. The van der Waals surface area contributed by atoms with Crippen LogP contribution in [0.25, 0.3) is 0 Å². The number of nitrogens with one attached hydrogen (secondary N) is 1. The summed E-state index contributed by atoms with van der Waals surface area (Å²) in [4.78, 5) is 13.1. The van der Waals surface area contributed by atoms with Crippen molar-refractivity contribution in [2.45, 2.75) is 16.7 Å². The minimum absolute atomic E-state index is 0.0194. The minimum atomic E-state index is -0.593. The van der Waals surface area contributed by atoms with E-state index in [0.29, 0.717) is 0 Å². The lowest BCUT2D eigenvalue weighted by atomic mass is 9.98. The Hall–Kier alpha value is -2.52. The zero-order valence-corrected chi connectivity index (χ0v) is 14.1. The van der Waals surface area contributed by atoms with Gasteiger partial charge < -0.3 is 5.32 Å². The summed E-state index contributed by atoms with van der Waals surface area (Å²) in [5.41, 5.74) is 4.07. The molecule has 0 saturated heterocycles. The van der Waals surface area contributed by atoms with E-state index in [1.807, 2.05) is 42.5 Å². The Morgan fingerprint density at radius 1 is 0.833 bits per heavy atom. The van der Waals surface area contributed by atoms with Gasteiger partial charge in [-0.1, -0.05) is 78.0 Å². The van der Waals surface area contributed by atoms with Crippen LogP contribution in [0.5, 0.6) is 0 Å². The van der Waals surface area contributed by atoms with E-state index in [0.717, 1.165) is 21.6 Å². The van der Waals surface area contributed by atoms with Gasteiger partial charge in [-0.3, -0.25) is 4.79 Å². The molecule has 0 bridgehead atoms. The maximum absolute atomic E-state index is 12.6. The quantitative estimate of drug-likeness (QED) is 0.751. The van der Waals surface area contributed by atoms with Crippen molar-refractivity contribution < 1.29 is 4.79 Å². The molecule has 3 heteroatoms. The van der Waals surface area contributed by atoms with Crippen LogP contribution in [-0.2, 0) is 4.87 Å². The van der Waals surface area contributed by atoms with Crippen LogP contribution in [0.3, 0.4) is 0 Å². The van der Waals surface area contributed by atoms with Crippen LogP contribution in [-0.4, -0.2) is 5.91 Å². The number of amides is 1. The van der Waals surface area contributed by atoms with Crippen molar-refractivity contribution in [1.82, 2.24) is 5.32 Å². The van der Waals surface area contributed by atoms with E-state index < -0.39 is 4.87 Å². The molecule has 118 valence electrons. The third-order valence-corrected chi connectivity index (χ3v) is 5.68. The molecular weight excluding hydrogens is 314 g/mol. The molecule has 0 aromatic heterocycles. The first-order valence-electron chi connectivity index (χ1n) is 7.92. The Kier molecular flexibility index (Phi) is 3.66. The predicted octanol–water partition coefficient (Wildman–Crippen LogP) is 4.73. The molecule has 3 aromatic carbocycles. The van der Waals surface area contributed by atoms with Crippen molar-refractivity contribution in [2.75, 3.05) is 0 Å². The number of aryl methyl sites for hydroxylation is 1. The standard InChI is InChI=1S/C21H17NOS/c1-15-11-13-17(14-12-15)24-21(16-7-3-2-4-8-16)19-10-6-5-9-18(19)20(23)22-21/h2-14H,1H3,(H,22,23)/t21-/m1/s1. The molecule has 1 heterocycles. The van der Waals surface area contributed by atoms with Crippen molar-refractivity contribution in [3.63, 3.8) is 0 Å². The van der Waals surface area contributed by atoms with Gasteiger partial charge >= 0.3 is 0 Å². The first kappa shape index (κ1) is 15.0. The summed E-state index contributed by atoms with van der Waals surface area (Å²) in [6.07, 6.45) is 0. The Morgan fingerprint density at radius 3 is 2.25 bits per heavy atom. The largest absolute Gasteiger partial charge is 0.329 e. The summed E-state index contributed by atoms with van der Waals surface area (Å²) in [6, 6.07) is 26.4. The summed E-state index contributed by atoms with van der Waals surface area (Å²) in [5.74, 6) is -0.0194. The highest BCUT2D eigenvalue weighted by Crippen LogP contribution is 2.48. The molecule has 24 heavy (non-hydrogen) atoms. The highest BCUT2D eigenvalue weighted by Gasteiger charge is 2.45. The van der Waals surface area contributed by atoms with Gasteiger partial charge in [-0.25, -0.2) is 0 Å². The lowest BCUT2D eigenvalue weighted by Gasteiger charge is -2.30. The van der Waals surface area contributed by atoms with Crippen molar-refractivity contribution in [3.05, 3.63) is 101 Å². The highest BCUT2D eigenvalue weighted by atomic mass is 32.2. The number of carbonyl (C=O) groups excluding carboxylic acids is 1. The first-order chi connectivity index (χ1) is 11.7. The van der Waals surface area contributed by atoms with Gasteiger partial charge in [0, 0.05) is 16.0 Å². The van der Waals surface area contributed by atoms with Crippen LogP contribution >= 0.6 is 11.8 Å². The number of fused-ring (bicyclic) bond motifs is 1. The predicted molar refractivity (Wildman–Crippen MR) is 98.2 cm³/mol. The van der Waals surface area contributed by atoms with Gasteiger partial charge in [-0.15, -0.1) is 0 Å². The molecular formula is C21H17NOS. The average molecular weight is 331 g/mol. The molecule has 0 fully saturated rings. The second-order valence-corrected chi connectivity index (χ2v) is 7.25. The molecule has 0 unspecified atom stereocenters. The summed E-state index contributed by atoms with van der Waals surface area (Å²) >= 11 is 1.67. The molecule has 4 rings (SSSR count). The van der Waals surface area contributed by atoms with Gasteiger partial charge in [0.2, 0.25) is 0 Å². The highest BCUT2D eigenvalue weighted by molar-refractivity contribution is 8.00. The lowest BCUT2D eigenvalue weighted by Crippen LogP contribution is -2.37. The third-order valence-electron chi connectivity index (χ3n) is 4.31. The van der Waals surface area contributed by atoms with E-state index in [2.05, 4.69) is 48.6 Å². The van der Waals surface area contributed by atoms with Crippen LogP contribution in [0.15, 0.2) is 83.8 Å². The fourth-order valence-electron chi connectivity index (χ4n) is 3.11. The van der Waals surface area contributed by atoms with Gasteiger partial charge in [0.15, 0.2) is 0 Å². The van der Waals surface area contributed by atoms with Crippen LogP contribution in [0.1, 0.15) is 27.0 Å². The molecule has 1 N–H and O–H groups in total. The van der Waals surface area contributed by atoms with Gasteiger partial charge in [0.25, 0.3) is 5.91 Å². The number of hydrogen-bond donors (Lipinski definition) is 1. The number of thioether (sulfide) groups is 1. The van der Waals surface area contributed by atoms with Crippen LogP contribution < -0.4 is 5.32 Å². The second kappa shape index (κ2) is 5.84. The summed E-state index contributed by atoms with van der Waals surface area (Å²) < 4.78 is 0. The second-order valence-electron chi connectivity index (χ2n) is 5.96. The molecule has 0 radical (unpaired) electrons. The van der Waals surface area contributed by atoms with Crippen LogP contribution in [0.4, 0.5) is 0 Å².